The normalized spacial score (nSPS) is 11.6. The molecule has 0 fully saturated rings. The highest BCUT2D eigenvalue weighted by Gasteiger charge is 2.18. The van der Waals surface area contributed by atoms with Crippen LogP contribution in [0.4, 0.5) is 10.5 Å². The van der Waals surface area contributed by atoms with Crippen LogP contribution in [0.1, 0.15) is 48.2 Å². The lowest BCUT2D eigenvalue weighted by Crippen LogP contribution is -2.18. The quantitative estimate of drug-likeness (QED) is 0.143. The Morgan fingerprint density at radius 3 is 2.44 bits per heavy atom. The summed E-state index contributed by atoms with van der Waals surface area (Å²) in [5, 5.41) is 21.2. The van der Waals surface area contributed by atoms with Gasteiger partial charge in [0, 0.05) is 17.3 Å². The fourth-order valence-electron chi connectivity index (χ4n) is 2.91. The summed E-state index contributed by atoms with van der Waals surface area (Å²) in [6.45, 7) is 1.46. The second-order valence-electron chi connectivity index (χ2n) is 6.89. The van der Waals surface area contributed by atoms with E-state index in [9.17, 15) is 19.5 Å². The average Bonchev–Trinajstić information content (AvgIpc) is 2.78. The Balaban J connectivity index is 2.08. The monoisotopic (exact) mass is 442 g/mol. The van der Waals surface area contributed by atoms with Crippen molar-refractivity contribution in [1.82, 2.24) is 5.48 Å². The van der Waals surface area contributed by atoms with Gasteiger partial charge in [-0.05, 0) is 68.1 Å². The van der Waals surface area contributed by atoms with E-state index >= 15 is 0 Å². The van der Waals surface area contributed by atoms with E-state index in [4.69, 9.17) is 14.7 Å². The molecule has 170 valence electrons. The van der Waals surface area contributed by atoms with Crippen molar-refractivity contribution in [3.8, 4) is 11.5 Å². The van der Waals surface area contributed by atoms with Crippen LogP contribution in [-0.4, -0.2) is 35.2 Å². The number of phenolic OH excluding ortho intramolecular Hbond substituents is 1. The van der Waals surface area contributed by atoms with Crippen molar-refractivity contribution in [2.24, 2.45) is 0 Å². The molecule has 0 aliphatic carbocycles. The van der Waals surface area contributed by atoms with E-state index < -0.39 is 18.1 Å². The van der Waals surface area contributed by atoms with Crippen LogP contribution in [0.15, 0.2) is 54.6 Å². The smallest absolute Gasteiger partial charge is 0.412 e. The van der Waals surface area contributed by atoms with Crippen molar-refractivity contribution in [3.05, 3.63) is 65.7 Å². The van der Waals surface area contributed by atoms with Gasteiger partial charge in [-0.15, -0.1) is 0 Å². The third-order valence-electron chi connectivity index (χ3n) is 4.58. The van der Waals surface area contributed by atoms with Crippen molar-refractivity contribution in [2.75, 3.05) is 12.4 Å². The molecular formula is C23H26N2O7. The van der Waals surface area contributed by atoms with E-state index in [-0.39, 0.29) is 11.5 Å². The van der Waals surface area contributed by atoms with Gasteiger partial charge >= 0.3 is 6.09 Å². The maximum Gasteiger partial charge on any atom is 0.412 e. The Labute approximate surface area is 185 Å². The van der Waals surface area contributed by atoms with Gasteiger partial charge in [0.1, 0.15) is 6.10 Å². The van der Waals surface area contributed by atoms with Crippen LogP contribution >= 0.6 is 0 Å². The summed E-state index contributed by atoms with van der Waals surface area (Å²) >= 11 is 0. The second kappa shape index (κ2) is 12.1. The van der Waals surface area contributed by atoms with Crippen LogP contribution in [0.5, 0.6) is 11.5 Å². The van der Waals surface area contributed by atoms with Crippen LogP contribution in [-0.2, 0) is 9.53 Å². The standard InChI is InChI=1S/C23H26N2O7/c1-15(26)16-8-11-18(12-9-16)24-23(29)32-20(6-4-3-5-7-22(28)25-30)17-10-13-21(31-2)19(27)14-17/h5,7-14,20,27,30H,3-4,6H2,1-2H3,(H,24,29)(H,25,28)/b7-5+/t20-/m0/s1. The zero-order chi connectivity index (χ0) is 23.5. The summed E-state index contributed by atoms with van der Waals surface area (Å²) in [4.78, 5) is 34.9. The number of unbranched alkanes of at least 4 members (excludes halogenated alkanes) is 1. The van der Waals surface area contributed by atoms with Crippen molar-refractivity contribution >= 4 is 23.5 Å². The third kappa shape index (κ3) is 7.44. The number of ether oxygens (including phenoxy) is 2. The molecule has 2 aromatic carbocycles. The molecule has 0 bridgehead atoms. The van der Waals surface area contributed by atoms with E-state index in [0.717, 1.165) is 0 Å². The molecule has 32 heavy (non-hydrogen) atoms. The largest absolute Gasteiger partial charge is 0.504 e. The summed E-state index contributed by atoms with van der Waals surface area (Å²) < 4.78 is 10.6. The molecule has 0 aliphatic heterocycles. The number of nitrogens with one attached hydrogen (secondary N) is 2. The number of benzene rings is 2. The van der Waals surface area contributed by atoms with Gasteiger partial charge in [0.05, 0.1) is 7.11 Å². The second-order valence-corrected chi connectivity index (χ2v) is 6.89. The summed E-state index contributed by atoms with van der Waals surface area (Å²) in [6.07, 6.45) is 2.89. The molecule has 0 radical (unpaired) electrons. The molecule has 0 aromatic heterocycles. The Morgan fingerprint density at radius 2 is 1.84 bits per heavy atom. The first-order chi connectivity index (χ1) is 15.3. The van der Waals surface area contributed by atoms with Gasteiger partial charge in [-0.2, -0.15) is 0 Å². The molecule has 2 amide bonds. The highest BCUT2D eigenvalue weighted by atomic mass is 16.6. The number of aromatic hydroxyl groups is 1. The number of ketones is 1. The van der Waals surface area contributed by atoms with Gasteiger partial charge in [-0.3, -0.25) is 20.1 Å². The molecule has 0 saturated heterocycles. The Kier molecular flexibility index (Phi) is 9.24. The molecule has 0 saturated carbocycles. The number of rotatable bonds is 10. The lowest BCUT2D eigenvalue weighted by atomic mass is 10.0. The third-order valence-corrected chi connectivity index (χ3v) is 4.58. The number of phenols is 1. The number of anilines is 1. The van der Waals surface area contributed by atoms with E-state index in [1.807, 2.05) is 0 Å². The number of hydrogen-bond donors (Lipinski definition) is 4. The van der Waals surface area contributed by atoms with Crippen LogP contribution in [0, 0.1) is 0 Å². The SMILES string of the molecule is COc1ccc([C@H](CCC/C=C/C(=O)NO)OC(=O)Nc2ccc(C(C)=O)cc2)cc1O. The predicted octanol–water partition coefficient (Wildman–Crippen LogP) is 4.13. The number of carbonyl (C=O) groups is 3. The fourth-order valence-corrected chi connectivity index (χ4v) is 2.91. The molecule has 0 spiro atoms. The number of allylic oxidation sites excluding steroid dienone is 1. The summed E-state index contributed by atoms with van der Waals surface area (Å²) in [5.74, 6) is -0.504. The zero-order valence-corrected chi connectivity index (χ0v) is 17.8. The van der Waals surface area contributed by atoms with E-state index in [1.54, 1.807) is 42.5 Å². The minimum Gasteiger partial charge on any atom is -0.504 e. The van der Waals surface area contributed by atoms with Gasteiger partial charge in [-0.25, -0.2) is 10.3 Å². The van der Waals surface area contributed by atoms with Crippen molar-refractivity contribution in [3.63, 3.8) is 0 Å². The van der Waals surface area contributed by atoms with E-state index in [0.29, 0.717) is 41.8 Å². The molecule has 1 atom stereocenters. The Hall–Kier alpha value is -3.85. The number of carbonyl (C=O) groups excluding carboxylic acids is 3. The number of hydroxylamine groups is 1. The van der Waals surface area contributed by atoms with Gasteiger partial charge < -0.3 is 14.6 Å². The topological polar surface area (TPSA) is 134 Å². The first-order valence-electron chi connectivity index (χ1n) is 9.90. The highest BCUT2D eigenvalue weighted by molar-refractivity contribution is 5.95. The minimum absolute atomic E-state index is 0.0796. The maximum absolute atomic E-state index is 12.5. The molecule has 9 nitrogen and oxygen atoms in total. The van der Waals surface area contributed by atoms with Gasteiger partial charge in [0.25, 0.3) is 5.91 Å². The lowest BCUT2D eigenvalue weighted by Gasteiger charge is -2.19. The molecule has 9 heteroatoms. The van der Waals surface area contributed by atoms with Crippen molar-refractivity contribution < 1.29 is 34.2 Å². The van der Waals surface area contributed by atoms with Crippen LogP contribution in [0.3, 0.4) is 0 Å². The molecule has 4 N–H and O–H groups in total. The molecule has 2 aromatic rings. The molecular weight excluding hydrogens is 416 g/mol. The van der Waals surface area contributed by atoms with Gasteiger partial charge in [-0.1, -0.05) is 12.1 Å². The number of methoxy groups -OCH3 is 1. The first-order valence-corrected chi connectivity index (χ1v) is 9.90. The number of amides is 2. The fraction of sp³-hybridized carbons (Fsp3) is 0.261. The van der Waals surface area contributed by atoms with E-state index in [1.165, 1.54) is 31.7 Å². The number of Topliss-reactive ketones (excluding diaryl/α,β-unsaturated/α-hetero) is 1. The average molecular weight is 442 g/mol. The van der Waals surface area contributed by atoms with Gasteiger partial charge in [0.15, 0.2) is 17.3 Å². The summed E-state index contributed by atoms with van der Waals surface area (Å²) in [6, 6.07) is 11.1. The predicted molar refractivity (Wildman–Crippen MR) is 117 cm³/mol. The lowest BCUT2D eigenvalue weighted by molar-refractivity contribution is -0.124. The first kappa shape index (κ1) is 24.4. The van der Waals surface area contributed by atoms with Crippen LogP contribution < -0.4 is 15.5 Å². The maximum atomic E-state index is 12.5. The summed E-state index contributed by atoms with van der Waals surface area (Å²) in [7, 11) is 1.43. The molecule has 0 unspecified atom stereocenters. The van der Waals surface area contributed by atoms with Crippen molar-refractivity contribution in [2.45, 2.75) is 32.3 Å². The van der Waals surface area contributed by atoms with Crippen molar-refractivity contribution in [1.29, 1.82) is 0 Å². The molecule has 0 heterocycles. The minimum atomic E-state index is -0.698. The molecule has 0 aliphatic rings. The highest BCUT2D eigenvalue weighted by Crippen LogP contribution is 2.32. The Morgan fingerprint density at radius 1 is 1.12 bits per heavy atom. The Bertz CT molecular complexity index is 971. The number of hydrogen-bond acceptors (Lipinski definition) is 7. The van der Waals surface area contributed by atoms with Crippen LogP contribution in [0.2, 0.25) is 0 Å². The zero-order valence-electron chi connectivity index (χ0n) is 17.8. The molecule has 2 rings (SSSR count). The summed E-state index contributed by atoms with van der Waals surface area (Å²) in [5.41, 5.74) is 3.07. The van der Waals surface area contributed by atoms with E-state index in [2.05, 4.69) is 5.32 Å². The van der Waals surface area contributed by atoms with Gasteiger partial charge in [0.2, 0.25) is 0 Å². The van der Waals surface area contributed by atoms with Crippen LogP contribution in [0.25, 0.3) is 0 Å².